The third kappa shape index (κ3) is 5.02. The number of aromatic amines is 1. The molecule has 192 valence electrons. The number of aromatic nitrogens is 2. The number of urea groups is 1. The molecule has 0 atom stereocenters. The van der Waals surface area contributed by atoms with Gasteiger partial charge < -0.3 is 5.32 Å². The normalized spacial score (nSPS) is 14.4. The monoisotopic (exact) mass is 634 g/mol. The molecule has 0 saturated carbocycles. The van der Waals surface area contributed by atoms with Crippen molar-refractivity contribution in [3.8, 4) is 16.9 Å². The second-order valence-corrected chi connectivity index (χ2v) is 10.4. The molecule has 1 fully saturated rings. The summed E-state index contributed by atoms with van der Waals surface area (Å²) in [6.45, 7) is -0.0756. The number of carbonyl (C=O) groups excluding carboxylic acids is 2. The van der Waals surface area contributed by atoms with Gasteiger partial charge in [-0.2, -0.15) is 0 Å². The number of rotatable bonds is 5. The van der Waals surface area contributed by atoms with Crippen molar-refractivity contribution in [2.75, 3.05) is 0 Å². The van der Waals surface area contributed by atoms with E-state index < -0.39 is 23.3 Å². The molecular formula is C26H15BrCl3FN4O3. The molecule has 2 heterocycles. The third-order valence-corrected chi connectivity index (χ3v) is 7.06. The zero-order valence-corrected chi connectivity index (χ0v) is 22.9. The highest BCUT2D eigenvalue weighted by atomic mass is 79.9. The fourth-order valence-electron chi connectivity index (χ4n) is 3.96. The zero-order chi connectivity index (χ0) is 27.1. The number of nitrogens with one attached hydrogen (secondary N) is 2. The summed E-state index contributed by atoms with van der Waals surface area (Å²) in [6, 6.07) is 14.6. The molecule has 12 heteroatoms. The Morgan fingerprint density at radius 1 is 0.921 bits per heavy atom. The molecule has 3 amide bonds. The van der Waals surface area contributed by atoms with Gasteiger partial charge >= 0.3 is 6.03 Å². The fraction of sp³-hybridized carbons (Fsp3) is 0.0385. The molecular weight excluding hydrogens is 622 g/mol. The van der Waals surface area contributed by atoms with Gasteiger partial charge in [-0.05, 0) is 48.0 Å². The molecule has 3 aromatic carbocycles. The summed E-state index contributed by atoms with van der Waals surface area (Å²) in [5.41, 5.74) is 1.10. The summed E-state index contributed by atoms with van der Waals surface area (Å²) in [7, 11) is 0. The van der Waals surface area contributed by atoms with Crippen LogP contribution < -0.4 is 10.9 Å². The van der Waals surface area contributed by atoms with Gasteiger partial charge in [0.25, 0.3) is 11.5 Å². The number of hydrogen-bond acceptors (Lipinski definition) is 3. The van der Waals surface area contributed by atoms with Crippen LogP contribution in [0.2, 0.25) is 15.1 Å². The Bertz CT molecular complexity index is 1660. The lowest BCUT2D eigenvalue weighted by atomic mass is 10.1. The summed E-state index contributed by atoms with van der Waals surface area (Å²) >= 11 is 22.2. The van der Waals surface area contributed by atoms with E-state index in [1.54, 1.807) is 36.4 Å². The van der Waals surface area contributed by atoms with Crippen molar-refractivity contribution < 1.29 is 14.0 Å². The van der Waals surface area contributed by atoms with Crippen molar-refractivity contribution in [3.63, 3.8) is 0 Å². The smallest absolute Gasteiger partial charge is 0.303 e. The molecule has 1 aliphatic heterocycles. The van der Waals surface area contributed by atoms with Crippen LogP contribution in [0.4, 0.5) is 9.18 Å². The van der Waals surface area contributed by atoms with E-state index in [9.17, 15) is 18.8 Å². The number of H-pyrrole nitrogens is 1. The number of hydrogen-bond donors (Lipinski definition) is 2. The quantitative estimate of drug-likeness (QED) is 0.187. The molecule has 1 aromatic heterocycles. The van der Waals surface area contributed by atoms with Gasteiger partial charge in [0.05, 0.1) is 27.8 Å². The summed E-state index contributed by atoms with van der Waals surface area (Å²) in [5.74, 6) is -1.08. The molecule has 0 bridgehead atoms. The van der Waals surface area contributed by atoms with Gasteiger partial charge in [-0.1, -0.05) is 75.0 Å². The van der Waals surface area contributed by atoms with E-state index in [-0.39, 0.29) is 33.5 Å². The number of halogens is 5. The minimum atomic E-state index is -0.673. The minimum Gasteiger partial charge on any atom is -0.303 e. The van der Waals surface area contributed by atoms with Crippen LogP contribution in [0.1, 0.15) is 11.1 Å². The summed E-state index contributed by atoms with van der Waals surface area (Å²) in [5, 5.41) is 6.42. The molecule has 38 heavy (non-hydrogen) atoms. The zero-order valence-electron chi connectivity index (χ0n) is 19.1. The average molecular weight is 637 g/mol. The number of benzene rings is 3. The topological polar surface area (TPSA) is 87.2 Å². The van der Waals surface area contributed by atoms with Gasteiger partial charge in [0.15, 0.2) is 0 Å². The predicted octanol–water partition coefficient (Wildman–Crippen LogP) is 6.79. The molecule has 0 unspecified atom stereocenters. The van der Waals surface area contributed by atoms with Gasteiger partial charge in [-0.3, -0.25) is 19.6 Å². The minimum absolute atomic E-state index is 0.0756. The summed E-state index contributed by atoms with van der Waals surface area (Å²) in [6.07, 6.45) is 1.30. The van der Waals surface area contributed by atoms with Crippen LogP contribution in [0.25, 0.3) is 23.0 Å². The van der Waals surface area contributed by atoms with Crippen LogP contribution in [0.3, 0.4) is 0 Å². The molecule has 1 saturated heterocycles. The number of carbonyl (C=O) groups is 2. The average Bonchev–Trinajstić information content (AvgIpc) is 3.31. The van der Waals surface area contributed by atoms with Crippen molar-refractivity contribution in [2.45, 2.75) is 6.54 Å². The maximum Gasteiger partial charge on any atom is 0.329 e. The highest BCUT2D eigenvalue weighted by Gasteiger charge is 2.34. The lowest BCUT2D eigenvalue weighted by Crippen LogP contribution is -2.30. The Morgan fingerprint density at radius 3 is 2.18 bits per heavy atom. The molecule has 0 spiro atoms. The van der Waals surface area contributed by atoms with Gasteiger partial charge in [-0.25, -0.2) is 13.9 Å². The highest BCUT2D eigenvalue weighted by Crippen LogP contribution is 2.33. The lowest BCUT2D eigenvalue weighted by molar-refractivity contribution is -0.123. The van der Waals surface area contributed by atoms with E-state index in [1.807, 2.05) is 0 Å². The Balaban J connectivity index is 1.61. The van der Waals surface area contributed by atoms with E-state index >= 15 is 0 Å². The number of imide groups is 1. The Kier molecular flexibility index (Phi) is 7.19. The summed E-state index contributed by atoms with van der Waals surface area (Å²) in [4.78, 5) is 40.4. The van der Waals surface area contributed by atoms with Crippen LogP contribution >= 0.6 is 50.7 Å². The second-order valence-electron chi connectivity index (χ2n) is 8.27. The van der Waals surface area contributed by atoms with Crippen LogP contribution in [0.5, 0.6) is 0 Å². The molecule has 0 radical (unpaired) electrons. The van der Waals surface area contributed by atoms with Crippen LogP contribution in [-0.4, -0.2) is 26.6 Å². The van der Waals surface area contributed by atoms with Crippen molar-refractivity contribution in [2.24, 2.45) is 0 Å². The van der Waals surface area contributed by atoms with Gasteiger partial charge in [0, 0.05) is 15.1 Å². The van der Waals surface area contributed by atoms with E-state index in [2.05, 4.69) is 26.3 Å². The second kappa shape index (κ2) is 10.4. The fourth-order valence-corrected chi connectivity index (χ4v) is 5.46. The van der Waals surface area contributed by atoms with Gasteiger partial charge in [0.2, 0.25) is 0 Å². The third-order valence-electron chi connectivity index (χ3n) is 5.77. The van der Waals surface area contributed by atoms with Gasteiger partial charge in [0.1, 0.15) is 17.2 Å². The molecule has 7 nitrogen and oxygen atoms in total. The molecule has 5 rings (SSSR count). The Morgan fingerprint density at radius 2 is 1.55 bits per heavy atom. The molecule has 4 aromatic rings. The van der Waals surface area contributed by atoms with Crippen LogP contribution in [0, 0.1) is 5.82 Å². The van der Waals surface area contributed by atoms with E-state index in [0.717, 1.165) is 4.90 Å². The molecule has 0 aliphatic carbocycles. The van der Waals surface area contributed by atoms with E-state index in [1.165, 1.54) is 35.0 Å². The van der Waals surface area contributed by atoms with Gasteiger partial charge in [-0.15, -0.1) is 0 Å². The first-order valence-corrected chi connectivity index (χ1v) is 12.9. The number of nitrogens with zero attached hydrogens (tertiary/aromatic N) is 2. The van der Waals surface area contributed by atoms with Crippen LogP contribution in [0.15, 0.2) is 75.6 Å². The maximum atomic E-state index is 13.7. The van der Waals surface area contributed by atoms with Crippen molar-refractivity contribution in [1.29, 1.82) is 0 Å². The Hall–Kier alpha value is -3.37. The highest BCUT2D eigenvalue weighted by molar-refractivity contribution is 9.10. The SMILES string of the molecule is O=C1NC(=Cc2c(-c3ccc(Cl)cc3)[nH]n(-c3c(Cl)cc(Br)cc3Cl)c2=O)C(=O)N1Cc1ccc(F)cc1. The van der Waals surface area contributed by atoms with Crippen molar-refractivity contribution in [3.05, 3.63) is 113 Å². The first-order valence-electron chi connectivity index (χ1n) is 11.0. The first kappa shape index (κ1) is 26.2. The predicted molar refractivity (Wildman–Crippen MR) is 148 cm³/mol. The summed E-state index contributed by atoms with van der Waals surface area (Å²) < 4.78 is 15.1. The molecule has 1 aliphatic rings. The van der Waals surface area contributed by atoms with Crippen LogP contribution in [-0.2, 0) is 11.3 Å². The standard InChI is InChI=1S/C26H15BrCl3FN4O3/c27-15-9-19(29)23(20(30)10-15)35-24(36)18(22(33-35)14-3-5-16(28)6-4-14)11-21-25(37)34(26(38)32-21)12-13-1-7-17(31)8-2-13/h1-11,33H,12H2,(H,32,38). The van der Waals surface area contributed by atoms with E-state index in [4.69, 9.17) is 34.8 Å². The molecule has 2 N–H and O–H groups in total. The lowest BCUT2D eigenvalue weighted by Gasteiger charge is -2.11. The van der Waals surface area contributed by atoms with Crippen molar-refractivity contribution >= 4 is 68.7 Å². The number of amides is 3. The van der Waals surface area contributed by atoms with E-state index in [0.29, 0.717) is 26.3 Å². The largest absolute Gasteiger partial charge is 0.329 e. The Labute approximate surface area is 238 Å². The van der Waals surface area contributed by atoms with Crippen molar-refractivity contribution in [1.82, 2.24) is 20.0 Å². The maximum absolute atomic E-state index is 13.7. The first-order chi connectivity index (χ1) is 18.1.